The maximum atomic E-state index is 13.4. The number of hydrogen-bond acceptors (Lipinski definition) is 8. The first kappa shape index (κ1) is 20.5. The molecule has 8 nitrogen and oxygen atoms in total. The Kier molecular flexibility index (Phi) is 5.84. The molecule has 0 amide bonds. The number of rotatable bonds is 7. The Labute approximate surface area is 174 Å². The molecule has 1 fully saturated rings. The molecular weight excluding hydrogens is 419 g/mol. The zero-order valence-corrected chi connectivity index (χ0v) is 17.0. The number of anilines is 1. The van der Waals surface area contributed by atoms with Crippen molar-refractivity contribution in [3.8, 4) is 16.7 Å². The van der Waals surface area contributed by atoms with Crippen molar-refractivity contribution in [1.82, 2.24) is 29.7 Å². The van der Waals surface area contributed by atoms with E-state index in [9.17, 15) is 13.2 Å². The molecule has 3 aromatic heterocycles. The molecule has 0 unspecified atom stereocenters. The molecule has 3 heterocycles. The van der Waals surface area contributed by atoms with E-state index in [2.05, 4.69) is 30.4 Å². The first-order valence-corrected chi connectivity index (χ1v) is 10.3. The third kappa shape index (κ3) is 5.04. The van der Waals surface area contributed by atoms with Gasteiger partial charge in [0.15, 0.2) is 23.3 Å². The standard InChI is InChI=1S/C18H20F3N7OS/c1-28-10-22-14(27-28)8-29-15-6-13(23-11-2-4-18(20,21)5-3-11)25-16(26-15)17-24-12(7-19)9-30-17/h6,9-11H,2-5,7-8H2,1H3,(H,23,25,26). The largest absolute Gasteiger partial charge is 0.469 e. The third-order valence-corrected chi connectivity index (χ3v) is 5.53. The monoisotopic (exact) mass is 439 g/mol. The molecule has 1 N–H and O–H groups in total. The molecule has 3 aromatic rings. The Morgan fingerprint density at radius 1 is 1.27 bits per heavy atom. The van der Waals surface area contributed by atoms with Gasteiger partial charge in [0.25, 0.3) is 0 Å². The topological polar surface area (TPSA) is 90.6 Å². The summed E-state index contributed by atoms with van der Waals surface area (Å²) in [5.41, 5.74) is 0.298. The number of alkyl halides is 3. The van der Waals surface area contributed by atoms with Gasteiger partial charge in [-0.25, -0.2) is 28.1 Å². The molecule has 1 aliphatic carbocycles. The van der Waals surface area contributed by atoms with Crippen LogP contribution in [0.5, 0.6) is 5.88 Å². The lowest BCUT2D eigenvalue weighted by Gasteiger charge is -2.29. The minimum Gasteiger partial charge on any atom is -0.469 e. The smallest absolute Gasteiger partial charge is 0.248 e. The summed E-state index contributed by atoms with van der Waals surface area (Å²) in [6, 6.07) is 1.47. The molecular formula is C18H20F3N7OS. The Balaban J connectivity index is 1.55. The van der Waals surface area contributed by atoms with Crippen LogP contribution in [0.25, 0.3) is 10.8 Å². The maximum absolute atomic E-state index is 13.4. The zero-order valence-electron chi connectivity index (χ0n) is 16.2. The second-order valence-corrected chi connectivity index (χ2v) is 7.95. The predicted octanol–water partition coefficient (Wildman–Crippen LogP) is 3.77. The van der Waals surface area contributed by atoms with Crippen molar-refractivity contribution in [1.29, 1.82) is 0 Å². The molecule has 12 heteroatoms. The number of halogens is 3. The van der Waals surface area contributed by atoms with E-state index in [1.54, 1.807) is 29.5 Å². The number of nitrogens with zero attached hydrogens (tertiary/aromatic N) is 6. The summed E-state index contributed by atoms with van der Waals surface area (Å²) < 4.78 is 47.0. The number of thiazole rings is 1. The highest BCUT2D eigenvalue weighted by molar-refractivity contribution is 7.13. The maximum Gasteiger partial charge on any atom is 0.248 e. The number of hydrogen-bond donors (Lipinski definition) is 1. The second-order valence-electron chi connectivity index (χ2n) is 7.09. The fraction of sp³-hybridized carbons (Fsp3) is 0.500. The van der Waals surface area contributed by atoms with E-state index in [0.29, 0.717) is 35.2 Å². The van der Waals surface area contributed by atoms with Crippen LogP contribution in [-0.4, -0.2) is 41.7 Å². The lowest BCUT2D eigenvalue weighted by atomic mass is 9.92. The average Bonchev–Trinajstić information content (AvgIpc) is 3.37. The van der Waals surface area contributed by atoms with Crippen LogP contribution in [0, 0.1) is 0 Å². The molecule has 0 atom stereocenters. The third-order valence-electron chi connectivity index (χ3n) is 4.65. The van der Waals surface area contributed by atoms with Crippen molar-refractivity contribution >= 4 is 17.2 Å². The van der Waals surface area contributed by atoms with Crippen LogP contribution in [0.1, 0.15) is 37.2 Å². The van der Waals surface area contributed by atoms with Crippen LogP contribution in [0.3, 0.4) is 0 Å². The summed E-state index contributed by atoms with van der Waals surface area (Å²) in [6.45, 7) is -0.584. The van der Waals surface area contributed by atoms with Gasteiger partial charge >= 0.3 is 0 Å². The van der Waals surface area contributed by atoms with Gasteiger partial charge in [-0.3, -0.25) is 4.68 Å². The highest BCUT2D eigenvalue weighted by Gasteiger charge is 2.35. The van der Waals surface area contributed by atoms with Crippen molar-refractivity contribution in [2.75, 3.05) is 5.32 Å². The molecule has 0 spiro atoms. The quantitative estimate of drug-likeness (QED) is 0.599. The van der Waals surface area contributed by atoms with E-state index in [1.807, 2.05) is 0 Å². The molecule has 0 saturated heterocycles. The van der Waals surface area contributed by atoms with Crippen LogP contribution < -0.4 is 10.1 Å². The molecule has 30 heavy (non-hydrogen) atoms. The van der Waals surface area contributed by atoms with E-state index in [-0.39, 0.29) is 37.2 Å². The van der Waals surface area contributed by atoms with Gasteiger partial charge in [0, 0.05) is 37.4 Å². The summed E-state index contributed by atoms with van der Waals surface area (Å²) in [5.74, 6) is -1.16. The van der Waals surface area contributed by atoms with Crippen LogP contribution in [0.2, 0.25) is 0 Å². The molecule has 1 aliphatic rings. The van der Waals surface area contributed by atoms with Gasteiger partial charge in [-0.2, -0.15) is 10.1 Å². The molecule has 0 aliphatic heterocycles. The number of ether oxygens (including phenoxy) is 1. The van der Waals surface area contributed by atoms with Crippen LogP contribution in [0.4, 0.5) is 19.0 Å². The van der Waals surface area contributed by atoms with Gasteiger partial charge in [0.1, 0.15) is 18.8 Å². The number of aromatic nitrogens is 6. The highest BCUT2D eigenvalue weighted by atomic mass is 32.1. The lowest BCUT2D eigenvalue weighted by molar-refractivity contribution is -0.0361. The van der Waals surface area contributed by atoms with Gasteiger partial charge < -0.3 is 10.1 Å². The summed E-state index contributed by atoms with van der Waals surface area (Å²) in [6.07, 6.45) is 1.91. The number of aryl methyl sites for hydroxylation is 1. The van der Waals surface area contributed by atoms with Gasteiger partial charge in [0.2, 0.25) is 11.8 Å². The van der Waals surface area contributed by atoms with E-state index in [0.717, 1.165) is 0 Å². The molecule has 160 valence electrons. The van der Waals surface area contributed by atoms with E-state index < -0.39 is 12.6 Å². The second kappa shape index (κ2) is 8.54. The first-order valence-electron chi connectivity index (χ1n) is 9.42. The van der Waals surface area contributed by atoms with Gasteiger partial charge in [-0.15, -0.1) is 11.3 Å². The number of nitrogens with one attached hydrogen (secondary N) is 1. The van der Waals surface area contributed by atoms with Gasteiger partial charge in [0.05, 0.1) is 5.69 Å². The Morgan fingerprint density at radius 3 is 2.73 bits per heavy atom. The first-order chi connectivity index (χ1) is 14.4. The lowest BCUT2D eigenvalue weighted by Crippen LogP contribution is -2.32. The summed E-state index contributed by atoms with van der Waals surface area (Å²) in [5, 5.41) is 9.39. The van der Waals surface area contributed by atoms with Crippen molar-refractivity contribution in [2.24, 2.45) is 7.05 Å². The SMILES string of the molecule is Cn1cnc(COc2cc(NC3CCC(F)(F)CC3)nc(-c3nc(CF)cs3)n2)n1. The van der Waals surface area contributed by atoms with Gasteiger partial charge in [-0.05, 0) is 12.8 Å². The minimum atomic E-state index is -2.61. The summed E-state index contributed by atoms with van der Waals surface area (Å²) in [7, 11) is 1.75. The Bertz CT molecular complexity index is 999. The van der Waals surface area contributed by atoms with Crippen LogP contribution in [0.15, 0.2) is 17.8 Å². The van der Waals surface area contributed by atoms with Crippen LogP contribution in [-0.2, 0) is 20.3 Å². The van der Waals surface area contributed by atoms with E-state index >= 15 is 0 Å². The molecule has 0 radical (unpaired) electrons. The zero-order chi connectivity index (χ0) is 21.1. The van der Waals surface area contributed by atoms with Crippen molar-refractivity contribution in [3.05, 3.63) is 29.3 Å². The fourth-order valence-electron chi connectivity index (χ4n) is 3.12. The average molecular weight is 439 g/mol. The van der Waals surface area contributed by atoms with Crippen LogP contribution >= 0.6 is 11.3 Å². The van der Waals surface area contributed by atoms with Crippen molar-refractivity contribution in [3.63, 3.8) is 0 Å². The normalized spacial score (nSPS) is 16.5. The van der Waals surface area contributed by atoms with E-state index in [4.69, 9.17) is 4.74 Å². The molecule has 1 saturated carbocycles. The fourth-order valence-corrected chi connectivity index (χ4v) is 3.85. The minimum absolute atomic E-state index is 0.0972. The molecule has 0 bridgehead atoms. The predicted molar refractivity (Wildman–Crippen MR) is 104 cm³/mol. The Hall–Kier alpha value is -2.76. The summed E-state index contributed by atoms with van der Waals surface area (Å²) in [4.78, 5) is 17.1. The highest BCUT2D eigenvalue weighted by Crippen LogP contribution is 2.34. The van der Waals surface area contributed by atoms with E-state index in [1.165, 1.54) is 11.3 Å². The van der Waals surface area contributed by atoms with Crippen molar-refractivity contribution < 1.29 is 17.9 Å². The summed E-state index contributed by atoms with van der Waals surface area (Å²) >= 11 is 1.22. The Morgan fingerprint density at radius 2 is 2.07 bits per heavy atom. The van der Waals surface area contributed by atoms with Gasteiger partial charge in [-0.1, -0.05) is 0 Å². The molecule has 0 aromatic carbocycles. The molecule has 4 rings (SSSR count). The van der Waals surface area contributed by atoms with Crippen molar-refractivity contribution in [2.45, 2.75) is 50.9 Å².